The third kappa shape index (κ3) is 3.73. The van der Waals surface area contributed by atoms with Crippen molar-refractivity contribution in [3.8, 4) is 6.07 Å². The lowest BCUT2D eigenvalue weighted by Gasteiger charge is -2.36. The molecule has 1 aliphatic rings. The molecule has 1 aromatic carbocycles. The molecule has 1 saturated heterocycles. The Kier molecular flexibility index (Phi) is 6.65. The summed E-state index contributed by atoms with van der Waals surface area (Å²) in [4.78, 5) is 0.110. The summed E-state index contributed by atoms with van der Waals surface area (Å²) in [6.45, 7) is 2.29. The predicted molar refractivity (Wildman–Crippen MR) is 88.6 cm³/mol. The van der Waals surface area contributed by atoms with Gasteiger partial charge in [-0.25, -0.2) is 8.42 Å². The standard InChI is InChI=1S/C14H18ClN3O2S.ClH/c1-10(17)14-4-2-3-7-18(14)21(19,20)12-6-5-11(9-16)13(15)8-12;/h5-6,8,10,14H,2-4,7,17H2,1H3;1H. The van der Waals surface area contributed by atoms with Crippen molar-refractivity contribution >= 4 is 34.0 Å². The monoisotopic (exact) mass is 363 g/mol. The second-order valence-corrected chi connectivity index (χ2v) is 7.59. The van der Waals surface area contributed by atoms with Crippen molar-refractivity contribution in [1.82, 2.24) is 4.31 Å². The highest BCUT2D eigenvalue weighted by atomic mass is 35.5. The second kappa shape index (κ2) is 7.62. The fraction of sp³-hybridized carbons (Fsp3) is 0.500. The molecular weight excluding hydrogens is 345 g/mol. The van der Waals surface area contributed by atoms with Crippen LogP contribution in [0.25, 0.3) is 0 Å². The van der Waals surface area contributed by atoms with Crippen molar-refractivity contribution in [2.45, 2.75) is 43.2 Å². The van der Waals surface area contributed by atoms with Gasteiger partial charge in [-0.15, -0.1) is 12.4 Å². The Labute approximate surface area is 142 Å². The van der Waals surface area contributed by atoms with Gasteiger partial charge in [-0.2, -0.15) is 9.57 Å². The lowest BCUT2D eigenvalue weighted by molar-refractivity contribution is 0.227. The molecule has 2 unspecified atom stereocenters. The molecule has 8 heteroatoms. The minimum atomic E-state index is -3.64. The van der Waals surface area contributed by atoms with Gasteiger partial charge >= 0.3 is 0 Å². The SMILES string of the molecule is CC(N)C1CCCCN1S(=O)(=O)c1ccc(C#N)c(Cl)c1.Cl. The first-order chi connectivity index (χ1) is 9.87. The minimum Gasteiger partial charge on any atom is -0.326 e. The van der Waals surface area contributed by atoms with Crippen molar-refractivity contribution in [2.75, 3.05) is 6.54 Å². The number of nitrogens with two attached hydrogens (primary N) is 1. The Hall–Kier alpha value is -0.840. The zero-order valence-corrected chi connectivity index (χ0v) is 14.6. The van der Waals surface area contributed by atoms with Crippen LogP contribution in [-0.4, -0.2) is 31.4 Å². The number of piperidine rings is 1. The van der Waals surface area contributed by atoms with Gasteiger partial charge in [-0.1, -0.05) is 18.0 Å². The zero-order valence-electron chi connectivity index (χ0n) is 12.2. The van der Waals surface area contributed by atoms with Crippen LogP contribution in [0.15, 0.2) is 23.1 Å². The Morgan fingerprint density at radius 3 is 2.68 bits per heavy atom. The first-order valence-electron chi connectivity index (χ1n) is 6.85. The summed E-state index contributed by atoms with van der Waals surface area (Å²) in [5.41, 5.74) is 6.19. The predicted octanol–water partition coefficient (Wildman–Crippen LogP) is 2.52. The molecule has 0 amide bonds. The Morgan fingerprint density at radius 2 is 2.14 bits per heavy atom. The van der Waals surface area contributed by atoms with Crippen molar-refractivity contribution in [1.29, 1.82) is 5.26 Å². The van der Waals surface area contributed by atoms with Crippen LogP contribution in [0.1, 0.15) is 31.7 Å². The first kappa shape index (κ1) is 19.2. The van der Waals surface area contributed by atoms with Gasteiger partial charge in [0.25, 0.3) is 0 Å². The van der Waals surface area contributed by atoms with E-state index in [9.17, 15) is 8.42 Å². The average Bonchev–Trinajstić information content (AvgIpc) is 2.47. The molecule has 1 fully saturated rings. The van der Waals surface area contributed by atoms with E-state index in [-0.39, 0.29) is 40.0 Å². The molecule has 22 heavy (non-hydrogen) atoms. The molecular formula is C14H19Cl2N3O2S. The third-order valence-corrected chi connectivity index (χ3v) is 6.01. The smallest absolute Gasteiger partial charge is 0.243 e. The van der Waals surface area contributed by atoms with Crippen LogP contribution < -0.4 is 5.73 Å². The summed E-state index contributed by atoms with van der Waals surface area (Å²) < 4.78 is 27.0. The van der Waals surface area contributed by atoms with Crippen molar-refractivity contribution in [2.24, 2.45) is 5.73 Å². The number of sulfonamides is 1. The van der Waals surface area contributed by atoms with Crippen molar-refractivity contribution < 1.29 is 8.42 Å². The van der Waals surface area contributed by atoms with E-state index in [4.69, 9.17) is 22.6 Å². The van der Waals surface area contributed by atoms with E-state index in [1.807, 2.05) is 13.0 Å². The Balaban J connectivity index is 0.00000242. The van der Waals surface area contributed by atoms with E-state index in [1.54, 1.807) is 0 Å². The quantitative estimate of drug-likeness (QED) is 0.893. The molecule has 2 N–H and O–H groups in total. The number of benzene rings is 1. The average molecular weight is 364 g/mol. The van der Waals surface area contributed by atoms with Gasteiger partial charge in [0.05, 0.1) is 15.5 Å². The normalized spacial score (nSPS) is 20.7. The molecule has 0 aromatic heterocycles. The lowest BCUT2D eigenvalue weighted by atomic mass is 10.00. The zero-order chi connectivity index (χ0) is 15.6. The molecule has 2 atom stereocenters. The highest BCUT2D eigenvalue weighted by Crippen LogP contribution is 2.28. The van der Waals surface area contributed by atoms with E-state index in [2.05, 4.69) is 0 Å². The molecule has 122 valence electrons. The number of hydrogen-bond acceptors (Lipinski definition) is 4. The van der Waals surface area contributed by atoms with Gasteiger partial charge in [-0.3, -0.25) is 0 Å². The van der Waals surface area contributed by atoms with E-state index in [1.165, 1.54) is 22.5 Å². The molecule has 0 radical (unpaired) electrons. The largest absolute Gasteiger partial charge is 0.326 e. The number of hydrogen-bond donors (Lipinski definition) is 1. The summed E-state index contributed by atoms with van der Waals surface area (Å²) in [6.07, 6.45) is 2.57. The topological polar surface area (TPSA) is 87.2 Å². The van der Waals surface area contributed by atoms with Crippen LogP contribution in [0.3, 0.4) is 0 Å². The van der Waals surface area contributed by atoms with Crippen molar-refractivity contribution in [3.63, 3.8) is 0 Å². The van der Waals surface area contributed by atoms with Crippen LogP contribution in [0.5, 0.6) is 0 Å². The van der Waals surface area contributed by atoms with Gasteiger partial charge in [-0.05, 0) is 38.0 Å². The third-order valence-electron chi connectivity index (χ3n) is 3.77. The Morgan fingerprint density at radius 1 is 1.45 bits per heavy atom. The maximum atomic E-state index is 12.8. The first-order valence-corrected chi connectivity index (χ1v) is 8.67. The summed E-state index contributed by atoms with van der Waals surface area (Å²) in [6, 6.07) is 5.69. The Bertz CT molecular complexity index is 671. The van der Waals surface area contributed by atoms with Gasteiger partial charge < -0.3 is 5.73 Å². The van der Waals surface area contributed by atoms with Crippen LogP contribution in [0.4, 0.5) is 0 Å². The minimum absolute atomic E-state index is 0. The number of rotatable bonds is 3. The molecule has 0 bridgehead atoms. The van der Waals surface area contributed by atoms with Crippen LogP contribution in [0.2, 0.25) is 5.02 Å². The summed E-state index contributed by atoms with van der Waals surface area (Å²) in [5.74, 6) is 0. The van der Waals surface area contributed by atoms with Crippen LogP contribution in [-0.2, 0) is 10.0 Å². The summed E-state index contributed by atoms with van der Waals surface area (Å²) in [7, 11) is -3.64. The van der Waals surface area contributed by atoms with Gasteiger partial charge in [0.1, 0.15) is 6.07 Å². The molecule has 0 aliphatic carbocycles. The van der Waals surface area contributed by atoms with Crippen molar-refractivity contribution in [3.05, 3.63) is 28.8 Å². The van der Waals surface area contributed by atoms with Crippen LogP contribution in [0, 0.1) is 11.3 Å². The molecule has 0 spiro atoms. The maximum Gasteiger partial charge on any atom is 0.243 e. The number of halogens is 2. The van der Waals surface area contributed by atoms with E-state index >= 15 is 0 Å². The van der Waals surface area contributed by atoms with Gasteiger partial charge in [0.15, 0.2) is 0 Å². The van der Waals surface area contributed by atoms with E-state index in [0.717, 1.165) is 19.3 Å². The van der Waals surface area contributed by atoms with E-state index < -0.39 is 10.0 Å². The molecule has 0 saturated carbocycles. The number of nitriles is 1. The highest BCUT2D eigenvalue weighted by molar-refractivity contribution is 7.89. The van der Waals surface area contributed by atoms with Crippen LogP contribution >= 0.6 is 24.0 Å². The number of nitrogens with zero attached hydrogens (tertiary/aromatic N) is 2. The highest BCUT2D eigenvalue weighted by Gasteiger charge is 2.35. The summed E-state index contributed by atoms with van der Waals surface area (Å²) >= 11 is 5.94. The van der Waals surface area contributed by atoms with Gasteiger partial charge in [0, 0.05) is 18.6 Å². The fourth-order valence-corrected chi connectivity index (χ4v) is 4.73. The fourth-order valence-electron chi connectivity index (χ4n) is 2.64. The van der Waals surface area contributed by atoms with E-state index in [0.29, 0.717) is 6.54 Å². The molecule has 1 aliphatic heterocycles. The summed E-state index contributed by atoms with van der Waals surface area (Å²) in [5, 5.41) is 9.01. The van der Waals surface area contributed by atoms with Gasteiger partial charge in [0.2, 0.25) is 10.0 Å². The molecule has 1 aromatic rings. The maximum absolute atomic E-state index is 12.8. The lowest BCUT2D eigenvalue weighted by Crippen LogP contribution is -2.51. The second-order valence-electron chi connectivity index (χ2n) is 5.29. The molecule has 2 rings (SSSR count). The molecule has 1 heterocycles. The molecule has 5 nitrogen and oxygen atoms in total.